The van der Waals surface area contributed by atoms with Gasteiger partial charge >= 0.3 is 0 Å². The molecule has 1 aromatic carbocycles. The minimum absolute atomic E-state index is 0. The smallest absolute Gasteiger partial charge is 0.265 e. The third-order valence-corrected chi connectivity index (χ3v) is 5.24. The molecule has 24 heavy (non-hydrogen) atoms. The first-order valence-corrected chi connectivity index (χ1v) is 8.91. The van der Waals surface area contributed by atoms with E-state index in [9.17, 15) is 8.42 Å². The summed E-state index contributed by atoms with van der Waals surface area (Å²) in [5.74, 6) is 1.02. The van der Waals surface area contributed by atoms with Gasteiger partial charge in [-0.05, 0) is 18.2 Å². The average molecular weight is 348 g/mol. The largest absolute Gasteiger partial charge is 0.501 e. The van der Waals surface area contributed by atoms with Gasteiger partial charge in [0.1, 0.15) is 10.7 Å². The number of benzene rings is 1. The second-order valence-electron chi connectivity index (χ2n) is 5.33. The second kappa shape index (κ2) is 6.52. The Morgan fingerprint density at radius 3 is 2.71 bits per heavy atom. The molecule has 0 atom stereocenters. The minimum Gasteiger partial charge on any atom is -0.501 e. The topological polar surface area (TPSA) is 77.5 Å². The lowest BCUT2D eigenvalue weighted by atomic mass is 10.1. The number of pyridine rings is 1. The predicted molar refractivity (Wildman–Crippen MR) is 94.8 cm³/mol. The van der Waals surface area contributed by atoms with Crippen LogP contribution in [0.25, 0.3) is 10.9 Å². The monoisotopic (exact) mass is 348 g/mol. The maximum atomic E-state index is 12.7. The van der Waals surface area contributed by atoms with Crippen molar-refractivity contribution in [3.05, 3.63) is 59.0 Å². The van der Waals surface area contributed by atoms with Gasteiger partial charge in [-0.1, -0.05) is 18.2 Å². The SMILES string of the molecule is COC1=CC(S(=O)(=O)Nc2cnc3ccccc3c2)=C(OC)CC1.[HH]. The van der Waals surface area contributed by atoms with Gasteiger partial charge in [0.2, 0.25) is 0 Å². The van der Waals surface area contributed by atoms with E-state index < -0.39 is 10.0 Å². The van der Waals surface area contributed by atoms with Crippen molar-refractivity contribution >= 4 is 26.6 Å². The predicted octanol–water partition coefficient (Wildman–Crippen LogP) is 3.40. The summed E-state index contributed by atoms with van der Waals surface area (Å²) in [5, 5.41) is 0.857. The van der Waals surface area contributed by atoms with E-state index in [-0.39, 0.29) is 6.33 Å². The van der Waals surface area contributed by atoms with Crippen molar-refractivity contribution in [1.82, 2.24) is 4.98 Å². The summed E-state index contributed by atoms with van der Waals surface area (Å²) in [5.41, 5.74) is 1.20. The molecule has 0 amide bonds. The molecule has 6 nitrogen and oxygen atoms in total. The lowest BCUT2D eigenvalue weighted by Crippen LogP contribution is -2.18. The van der Waals surface area contributed by atoms with Gasteiger partial charge in [-0.2, -0.15) is 0 Å². The standard InChI is InChI=1S/C17H18N2O4S.H2/c1-22-14-7-8-16(23-2)17(10-14)24(20,21)19-13-9-12-5-3-4-6-15(12)18-11-13;/h3-6,9-11,19H,7-8H2,1-2H3;1H. The Balaban J connectivity index is 0.00000225. The van der Waals surface area contributed by atoms with Crippen molar-refractivity contribution in [2.24, 2.45) is 0 Å². The van der Waals surface area contributed by atoms with Crippen LogP contribution in [0.2, 0.25) is 0 Å². The second-order valence-corrected chi connectivity index (χ2v) is 6.98. The molecule has 1 aliphatic carbocycles. The first-order chi connectivity index (χ1) is 11.5. The number of para-hydroxylation sites is 1. The van der Waals surface area contributed by atoms with Crippen LogP contribution in [-0.2, 0) is 19.5 Å². The number of anilines is 1. The molecule has 128 valence electrons. The highest BCUT2D eigenvalue weighted by Gasteiger charge is 2.26. The summed E-state index contributed by atoms with van der Waals surface area (Å²) in [6.45, 7) is 0. The average Bonchev–Trinajstić information content (AvgIpc) is 2.60. The highest BCUT2D eigenvalue weighted by atomic mass is 32.2. The maximum absolute atomic E-state index is 12.7. The van der Waals surface area contributed by atoms with Gasteiger partial charge in [0.05, 0.1) is 37.4 Å². The molecule has 1 heterocycles. The highest BCUT2D eigenvalue weighted by Crippen LogP contribution is 2.29. The fourth-order valence-corrected chi connectivity index (χ4v) is 3.89. The normalized spacial score (nSPS) is 15.2. The van der Waals surface area contributed by atoms with Crippen LogP contribution in [0.15, 0.2) is 59.0 Å². The Morgan fingerprint density at radius 1 is 1.17 bits per heavy atom. The summed E-state index contributed by atoms with van der Waals surface area (Å²) in [7, 11) is -0.812. The molecule has 0 saturated heterocycles. The number of ether oxygens (including phenoxy) is 2. The summed E-state index contributed by atoms with van der Waals surface area (Å²) in [6.07, 6.45) is 4.08. The minimum atomic E-state index is -3.80. The van der Waals surface area contributed by atoms with Crippen molar-refractivity contribution < 1.29 is 19.3 Å². The number of allylic oxidation sites excluding steroid dienone is 3. The Kier molecular flexibility index (Phi) is 4.44. The molecule has 0 radical (unpaired) electrons. The number of hydrogen-bond donors (Lipinski definition) is 1. The molecule has 0 bridgehead atoms. The highest BCUT2D eigenvalue weighted by molar-refractivity contribution is 7.96. The molecule has 0 fully saturated rings. The molecule has 0 aliphatic heterocycles. The Bertz CT molecular complexity index is 939. The van der Waals surface area contributed by atoms with E-state index >= 15 is 0 Å². The molecule has 1 aromatic heterocycles. The van der Waals surface area contributed by atoms with Crippen LogP contribution in [-0.4, -0.2) is 27.6 Å². The fourth-order valence-electron chi connectivity index (χ4n) is 2.59. The zero-order valence-corrected chi connectivity index (χ0v) is 14.3. The molecule has 1 aliphatic rings. The molecule has 0 spiro atoms. The molecule has 2 aromatic rings. The Labute approximate surface area is 142 Å². The van der Waals surface area contributed by atoms with Gasteiger partial charge in [0.25, 0.3) is 10.0 Å². The molecular weight excluding hydrogens is 328 g/mol. The molecular formula is C17H20N2O4S. The van der Waals surface area contributed by atoms with Crippen molar-refractivity contribution in [2.75, 3.05) is 18.9 Å². The van der Waals surface area contributed by atoms with Crippen LogP contribution in [0.5, 0.6) is 0 Å². The van der Waals surface area contributed by atoms with Gasteiger partial charge in [0, 0.05) is 19.7 Å². The number of nitrogens with zero attached hydrogens (tertiary/aromatic N) is 1. The lowest BCUT2D eigenvalue weighted by Gasteiger charge is -2.19. The van der Waals surface area contributed by atoms with E-state index in [1.54, 1.807) is 6.07 Å². The van der Waals surface area contributed by atoms with Crippen LogP contribution in [0, 0.1) is 0 Å². The van der Waals surface area contributed by atoms with Crippen LogP contribution in [0.4, 0.5) is 5.69 Å². The molecule has 7 heteroatoms. The lowest BCUT2D eigenvalue weighted by molar-refractivity contribution is 0.242. The number of nitrogens with one attached hydrogen (secondary N) is 1. The molecule has 3 rings (SSSR count). The van der Waals surface area contributed by atoms with Crippen LogP contribution in [0.3, 0.4) is 0 Å². The number of hydrogen-bond acceptors (Lipinski definition) is 5. The summed E-state index contributed by atoms with van der Waals surface area (Å²) < 4.78 is 38.5. The molecule has 1 N–H and O–H groups in total. The first kappa shape index (κ1) is 16.3. The van der Waals surface area contributed by atoms with Gasteiger partial charge in [0.15, 0.2) is 0 Å². The van der Waals surface area contributed by atoms with Crippen LogP contribution >= 0.6 is 0 Å². The summed E-state index contributed by atoms with van der Waals surface area (Å²) in [6, 6.07) is 9.25. The van der Waals surface area contributed by atoms with E-state index in [4.69, 9.17) is 9.47 Å². The van der Waals surface area contributed by atoms with Gasteiger partial charge in [-0.15, -0.1) is 0 Å². The number of sulfonamides is 1. The van der Waals surface area contributed by atoms with E-state index in [1.807, 2.05) is 24.3 Å². The van der Waals surface area contributed by atoms with Gasteiger partial charge < -0.3 is 9.47 Å². The van der Waals surface area contributed by atoms with E-state index in [1.165, 1.54) is 26.5 Å². The fraction of sp³-hybridized carbons (Fsp3) is 0.235. The van der Waals surface area contributed by atoms with Gasteiger partial charge in [-0.25, -0.2) is 8.42 Å². The number of methoxy groups -OCH3 is 2. The molecule has 0 unspecified atom stereocenters. The van der Waals surface area contributed by atoms with Crippen molar-refractivity contribution in [2.45, 2.75) is 12.8 Å². The number of rotatable bonds is 5. The van der Waals surface area contributed by atoms with Crippen molar-refractivity contribution in [1.29, 1.82) is 0 Å². The quantitative estimate of drug-likeness (QED) is 0.896. The Hall–Kier alpha value is -2.54. The van der Waals surface area contributed by atoms with E-state index in [0.717, 1.165) is 10.9 Å². The summed E-state index contributed by atoms with van der Waals surface area (Å²) >= 11 is 0. The Morgan fingerprint density at radius 2 is 1.96 bits per heavy atom. The summed E-state index contributed by atoms with van der Waals surface area (Å²) in [4.78, 5) is 4.35. The van der Waals surface area contributed by atoms with Gasteiger partial charge in [-0.3, -0.25) is 9.71 Å². The third kappa shape index (κ3) is 3.21. The van der Waals surface area contributed by atoms with Crippen molar-refractivity contribution in [3.63, 3.8) is 0 Å². The maximum Gasteiger partial charge on any atom is 0.265 e. The zero-order chi connectivity index (χ0) is 17.2. The third-order valence-electron chi connectivity index (χ3n) is 3.81. The zero-order valence-electron chi connectivity index (χ0n) is 13.4. The van der Waals surface area contributed by atoms with Crippen molar-refractivity contribution in [3.8, 4) is 0 Å². The van der Waals surface area contributed by atoms with Crippen LogP contribution in [0.1, 0.15) is 14.3 Å². The van der Waals surface area contributed by atoms with E-state index in [0.29, 0.717) is 30.0 Å². The first-order valence-electron chi connectivity index (χ1n) is 7.43. The molecule has 0 saturated carbocycles. The number of fused-ring (bicyclic) bond motifs is 1. The van der Waals surface area contributed by atoms with Crippen LogP contribution < -0.4 is 4.72 Å². The van der Waals surface area contributed by atoms with E-state index in [2.05, 4.69) is 9.71 Å². The number of aromatic nitrogens is 1.